The highest BCUT2D eigenvalue weighted by Crippen LogP contribution is 2.10. The third-order valence-corrected chi connectivity index (χ3v) is 1.87. The lowest BCUT2D eigenvalue weighted by Crippen LogP contribution is -2.24. The summed E-state index contributed by atoms with van der Waals surface area (Å²) >= 11 is 0.903. The van der Waals surface area contributed by atoms with E-state index in [1.807, 2.05) is 0 Å². The first-order chi connectivity index (χ1) is 6.67. The first kappa shape index (κ1) is 10.4. The lowest BCUT2D eigenvalue weighted by atomic mass is 10.6. The lowest BCUT2D eigenvalue weighted by molar-refractivity contribution is 0.0588. The quantitative estimate of drug-likeness (QED) is 0.682. The van der Waals surface area contributed by atoms with Crippen molar-refractivity contribution in [3.63, 3.8) is 0 Å². The maximum atomic E-state index is 10.9. The van der Waals surface area contributed by atoms with E-state index in [1.165, 1.54) is 14.2 Å². The fourth-order valence-corrected chi connectivity index (χ4v) is 1.16. The van der Waals surface area contributed by atoms with Gasteiger partial charge in [0.05, 0.1) is 7.11 Å². The summed E-state index contributed by atoms with van der Waals surface area (Å²) in [4.78, 5) is 25.5. The van der Waals surface area contributed by atoms with Gasteiger partial charge >= 0.3 is 12.0 Å². The maximum Gasteiger partial charge on any atom is 0.377 e. The van der Waals surface area contributed by atoms with E-state index in [1.54, 1.807) is 0 Å². The van der Waals surface area contributed by atoms with Crippen LogP contribution >= 0.6 is 11.5 Å². The monoisotopic (exact) mass is 216 g/mol. The van der Waals surface area contributed by atoms with E-state index in [0.29, 0.717) is 0 Å². The minimum atomic E-state index is -0.633. The minimum absolute atomic E-state index is 0.0658. The molecule has 7 nitrogen and oxygen atoms in total. The number of urea groups is 1. The molecule has 0 aliphatic rings. The fraction of sp³-hybridized carbons (Fsp3) is 0.333. The largest absolute Gasteiger partial charge is 0.463 e. The van der Waals surface area contributed by atoms with Gasteiger partial charge in [-0.1, -0.05) is 0 Å². The molecule has 8 heteroatoms. The summed E-state index contributed by atoms with van der Waals surface area (Å²) in [7, 11) is 2.70. The van der Waals surface area contributed by atoms with E-state index in [9.17, 15) is 9.59 Å². The molecular formula is C6H8N4O3S. The summed E-state index contributed by atoms with van der Waals surface area (Å²) in [6, 6.07) is -0.419. The van der Waals surface area contributed by atoms with Gasteiger partial charge in [0.2, 0.25) is 5.13 Å². The zero-order valence-electron chi connectivity index (χ0n) is 7.53. The Bertz CT molecular complexity index is 351. The van der Waals surface area contributed by atoms with Crippen LogP contribution < -0.4 is 10.6 Å². The minimum Gasteiger partial charge on any atom is -0.463 e. The SMILES string of the molecule is CNC(=O)Nc1nc(C(=O)OC)ns1. The fourth-order valence-electron chi connectivity index (χ4n) is 0.608. The first-order valence-corrected chi connectivity index (χ1v) is 4.35. The van der Waals surface area contributed by atoms with Crippen LogP contribution in [0.1, 0.15) is 10.6 Å². The molecule has 0 atom stereocenters. The number of ether oxygens (including phenoxy) is 1. The van der Waals surface area contributed by atoms with Crippen LogP contribution in [-0.2, 0) is 4.74 Å². The summed E-state index contributed by atoms with van der Waals surface area (Å²) in [6.45, 7) is 0. The third kappa shape index (κ3) is 2.39. The molecule has 1 rings (SSSR count). The number of hydrogen-bond donors (Lipinski definition) is 2. The number of anilines is 1. The second-order valence-corrected chi connectivity index (χ2v) is 2.87. The van der Waals surface area contributed by atoms with Crippen LogP contribution in [0.25, 0.3) is 0 Å². The standard InChI is InChI=1S/C6H8N4O3S/c1-7-5(12)9-6-8-3(10-14-6)4(11)13-2/h1-2H3,(H2,7,8,9,10,12). The van der Waals surface area contributed by atoms with Gasteiger partial charge < -0.3 is 10.1 Å². The molecule has 0 bridgehead atoms. The van der Waals surface area contributed by atoms with Gasteiger partial charge in [0, 0.05) is 18.6 Å². The van der Waals surface area contributed by atoms with E-state index in [-0.39, 0.29) is 11.0 Å². The lowest BCUT2D eigenvalue weighted by Gasteiger charge is -1.96. The number of carbonyl (C=O) groups is 2. The Labute approximate surface area is 83.6 Å². The summed E-state index contributed by atoms with van der Waals surface area (Å²) in [5, 5.41) is 4.96. The Morgan fingerprint density at radius 1 is 1.50 bits per heavy atom. The molecule has 0 radical (unpaired) electrons. The second-order valence-electron chi connectivity index (χ2n) is 2.12. The molecule has 0 aliphatic carbocycles. The van der Waals surface area contributed by atoms with Crippen molar-refractivity contribution in [1.82, 2.24) is 14.7 Å². The molecule has 1 aromatic heterocycles. The van der Waals surface area contributed by atoms with Gasteiger partial charge in [-0.05, 0) is 0 Å². The highest BCUT2D eigenvalue weighted by Gasteiger charge is 2.13. The molecule has 0 spiro atoms. The number of aromatic nitrogens is 2. The van der Waals surface area contributed by atoms with Crippen molar-refractivity contribution in [1.29, 1.82) is 0 Å². The number of nitrogens with one attached hydrogen (secondary N) is 2. The Balaban J connectivity index is 2.68. The predicted octanol–water partition coefficient (Wildman–Crippen LogP) is 0.0760. The normalized spacial score (nSPS) is 9.29. The number of methoxy groups -OCH3 is 1. The van der Waals surface area contributed by atoms with Crippen molar-refractivity contribution in [2.75, 3.05) is 19.5 Å². The molecule has 1 heterocycles. The second kappa shape index (κ2) is 4.51. The van der Waals surface area contributed by atoms with E-state index < -0.39 is 12.0 Å². The zero-order valence-corrected chi connectivity index (χ0v) is 8.34. The number of nitrogens with zero attached hydrogens (tertiary/aromatic N) is 2. The smallest absolute Gasteiger partial charge is 0.377 e. The molecule has 0 aliphatic heterocycles. The van der Waals surface area contributed by atoms with Gasteiger partial charge in [-0.2, -0.15) is 9.36 Å². The summed E-state index contributed by atoms with van der Waals surface area (Å²) in [6.07, 6.45) is 0. The van der Waals surface area contributed by atoms with Gasteiger partial charge in [0.25, 0.3) is 5.82 Å². The Hall–Kier alpha value is -1.70. The molecule has 2 N–H and O–H groups in total. The molecule has 2 amide bonds. The van der Waals surface area contributed by atoms with E-state index in [4.69, 9.17) is 0 Å². The number of esters is 1. The highest BCUT2D eigenvalue weighted by molar-refractivity contribution is 7.10. The number of amides is 2. The van der Waals surface area contributed by atoms with Gasteiger partial charge in [-0.25, -0.2) is 9.59 Å². The van der Waals surface area contributed by atoms with Crippen LogP contribution in [-0.4, -0.2) is 35.5 Å². The van der Waals surface area contributed by atoms with Crippen LogP contribution in [0.4, 0.5) is 9.93 Å². The van der Waals surface area contributed by atoms with Crippen molar-refractivity contribution < 1.29 is 14.3 Å². The van der Waals surface area contributed by atoms with Crippen molar-refractivity contribution in [3.8, 4) is 0 Å². The van der Waals surface area contributed by atoms with Crippen molar-refractivity contribution in [3.05, 3.63) is 5.82 Å². The van der Waals surface area contributed by atoms with E-state index in [0.717, 1.165) is 11.5 Å². The number of rotatable bonds is 2. The molecule has 0 unspecified atom stereocenters. The Morgan fingerprint density at radius 2 is 2.21 bits per heavy atom. The van der Waals surface area contributed by atoms with Gasteiger partial charge in [0.15, 0.2) is 0 Å². The highest BCUT2D eigenvalue weighted by atomic mass is 32.1. The molecule has 76 valence electrons. The van der Waals surface area contributed by atoms with E-state index in [2.05, 4.69) is 24.7 Å². The topological polar surface area (TPSA) is 93.2 Å². The van der Waals surface area contributed by atoms with Crippen LogP contribution in [0.15, 0.2) is 0 Å². The molecule has 0 saturated heterocycles. The Morgan fingerprint density at radius 3 is 2.79 bits per heavy atom. The van der Waals surface area contributed by atoms with Gasteiger partial charge in [-0.15, -0.1) is 0 Å². The van der Waals surface area contributed by atoms with Crippen molar-refractivity contribution in [2.24, 2.45) is 0 Å². The average molecular weight is 216 g/mol. The maximum absolute atomic E-state index is 10.9. The molecule has 0 saturated carbocycles. The molecule has 1 aromatic rings. The third-order valence-electron chi connectivity index (χ3n) is 1.24. The molecular weight excluding hydrogens is 208 g/mol. The van der Waals surface area contributed by atoms with Gasteiger partial charge in [0.1, 0.15) is 0 Å². The summed E-state index contributed by atoms with van der Waals surface area (Å²) in [5.41, 5.74) is 0. The van der Waals surface area contributed by atoms with Crippen LogP contribution in [0, 0.1) is 0 Å². The van der Waals surface area contributed by atoms with E-state index >= 15 is 0 Å². The predicted molar refractivity (Wildman–Crippen MR) is 49.3 cm³/mol. The zero-order chi connectivity index (χ0) is 10.6. The van der Waals surface area contributed by atoms with Gasteiger partial charge in [-0.3, -0.25) is 5.32 Å². The summed E-state index contributed by atoms with van der Waals surface area (Å²) < 4.78 is 8.08. The van der Waals surface area contributed by atoms with Crippen LogP contribution in [0.5, 0.6) is 0 Å². The first-order valence-electron chi connectivity index (χ1n) is 3.58. The van der Waals surface area contributed by atoms with Crippen LogP contribution in [0.2, 0.25) is 0 Å². The van der Waals surface area contributed by atoms with Crippen molar-refractivity contribution >= 4 is 28.7 Å². The molecule has 0 fully saturated rings. The Kier molecular flexibility index (Phi) is 3.35. The van der Waals surface area contributed by atoms with Crippen molar-refractivity contribution in [2.45, 2.75) is 0 Å². The summed E-state index contributed by atoms with van der Waals surface area (Å²) in [5.74, 6) is -0.699. The number of carbonyl (C=O) groups excluding carboxylic acids is 2. The average Bonchev–Trinajstić information content (AvgIpc) is 2.65. The van der Waals surface area contributed by atoms with Crippen LogP contribution in [0.3, 0.4) is 0 Å². The number of hydrogen-bond acceptors (Lipinski definition) is 6. The molecule has 14 heavy (non-hydrogen) atoms. The molecule has 0 aromatic carbocycles.